The summed E-state index contributed by atoms with van der Waals surface area (Å²) in [6, 6.07) is 6.54. The van der Waals surface area contributed by atoms with Crippen molar-refractivity contribution in [1.29, 1.82) is 0 Å². The fourth-order valence-corrected chi connectivity index (χ4v) is 3.23. The molecule has 154 valence electrons. The minimum atomic E-state index is -4.15. The number of hydrogen-bond donors (Lipinski definition) is 3. The van der Waals surface area contributed by atoms with Crippen LogP contribution in [0.25, 0.3) is 0 Å². The molecule has 3 N–H and O–H groups in total. The van der Waals surface area contributed by atoms with Crippen molar-refractivity contribution in [3.63, 3.8) is 0 Å². The third-order valence-corrected chi connectivity index (χ3v) is 4.75. The van der Waals surface area contributed by atoms with E-state index in [9.17, 15) is 18.3 Å². The number of benzene rings is 1. The molecule has 1 aromatic carbocycles. The molecule has 4 nitrogen and oxygen atoms in total. The van der Waals surface area contributed by atoms with Crippen LogP contribution in [0.2, 0.25) is 5.02 Å². The van der Waals surface area contributed by atoms with Gasteiger partial charge in [-0.05, 0) is 43.9 Å². The first-order chi connectivity index (χ1) is 12.3. The normalized spacial score (nSPS) is 21.9. The van der Waals surface area contributed by atoms with Crippen LogP contribution in [-0.2, 0) is 0 Å². The fourth-order valence-electron chi connectivity index (χ4n) is 3.10. The molecule has 0 saturated heterocycles. The van der Waals surface area contributed by atoms with E-state index >= 15 is 0 Å². The topological polar surface area (TPSA) is 56.7 Å². The van der Waals surface area contributed by atoms with E-state index in [1.165, 1.54) is 0 Å². The Labute approximate surface area is 180 Å². The first-order valence-corrected chi connectivity index (χ1v) is 9.22. The van der Waals surface area contributed by atoms with Crippen molar-refractivity contribution in [2.75, 3.05) is 13.1 Å². The number of guanidine groups is 1. The first-order valence-electron chi connectivity index (χ1n) is 8.84. The molecule has 2 rings (SSSR count). The zero-order valence-electron chi connectivity index (χ0n) is 15.1. The lowest BCUT2D eigenvalue weighted by atomic mass is 9.85. The minimum absolute atomic E-state index is 0. The van der Waals surface area contributed by atoms with E-state index < -0.39 is 18.2 Å². The number of aliphatic hydroxyl groups is 1. The minimum Gasteiger partial charge on any atom is -0.386 e. The quantitative estimate of drug-likeness (QED) is 0.301. The van der Waals surface area contributed by atoms with Gasteiger partial charge in [-0.15, -0.1) is 24.0 Å². The molecule has 3 atom stereocenters. The van der Waals surface area contributed by atoms with Crippen LogP contribution in [-0.4, -0.2) is 36.4 Å². The number of nitrogens with one attached hydrogen (secondary N) is 2. The Morgan fingerprint density at radius 2 is 1.96 bits per heavy atom. The summed E-state index contributed by atoms with van der Waals surface area (Å²) >= 11 is 5.83. The van der Waals surface area contributed by atoms with Crippen molar-refractivity contribution in [3.05, 3.63) is 34.9 Å². The number of rotatable bonds is 5. The molecule has 1 aliphatic carbocycles. The Hall–Kier alpha value is -0.740. The molecule has 0 radical (unpaired) electrons. The largest absolute Gasteiger partial charge is 0.391 e. The molecule has 1 saturated carbocycles. The summed E-state index contributed by atoms with van der Waals surface area (Å²) in [7, 11) is 0. The van der Waals surface area contributed by atoms with Gasteiger partial charge in [0.05, 0.1) is 18.6 Å². The summed E-state index contributed by atoms with van der Waals surface area (Å²) in [5, 5.41) is 16.9. The summed E-state index contributed by atoms with van der Waals surface area (Å²) in [6.07, 6.45) is -3.51. The molecule has 0 heterocycles. The van der Waals surface area contributed by atoms with E-state index in [2.05, 4.69) is 15.6 Å². The molecule has 27 heavy (non-hydrogen) atoms. The number of hydrogen-bond acceptors (Lipinski definition) is 2. The van der Waals surface area contributed by atoms with Crippen LogP contribution in [0.4, 0.5) is 13.2 Å². The van der Waals surface area contributed by atoms with Crippen molar-refractivity contribution >= 4 is 41.5 Å². The second-order valence-electron chi connectivity index (χ2n) is 6.53. The van der Waals surface area contributed by atoms with Gasteiger partial charge in [0.1, 0.15) is 0 Å². The van der Waals surface area contributed by atoms with Crippen LogP contribution in [0, 0.1) is 5.92 Å². The number of nitrogens with zero attached hydrogens (tertiary/aromatic N) is 1. The molecular weight excluding hydrogens is 494 g/mol. The van der Waals surface area contributed by atoms with Gasteiger partial charge in [-0.25, -0.2) is 0 Å². The van der Waals surface area contributed by atoms with Crippen LogP contribution in [0.3, 0.4) is 0 Å². The summed E-state index contributed by atoms with van der Waals surface area (Å²) in [5.74, 6) is -0.843. The molecule has 0 aromatic heterocycles. The fraction of sp³-hybridized carbons (Fsp3) is 0.611. The molecule has 1 fully saturated rings. The molecule has 0 spiro atoms. The van der Waals surface area contributed by atoms with Crippen molar-refractivity contribution in [2.45, 2.75) is 50.9 Å². The Morgan fingerprint density at radius 1 is 1.30 bits per heavy atom. The Balaban J connectivity index is 0.00000364. The maximum atomic E-state index is 13.0. The average Bonchev–Trinajstić information content (AvgIpc) is 2.60. The Kier molecular flexibility index (Phi) is 10.2. The van der Waals surface area contributed by atoms with E-state index in [1.54, 1.807) is 24.3 Å². The predicted octanol–water partition coefficient (Wildman–Crippen LogP) is 4.67. The molecule has 9 heteroatoms. The number of halogens is 5. The average molecular weight is 520 g/mol. The van der Waals surface area contributed by atoms with Crippen molar-refractivity contribution in [1.82, 2.24) is 10.6 Å². The van der Waals surface area contributed by atoms with Crippen LogP contribution < -0.4 is 10.6 Å². The van der Waals surface area contributed by atoms with Crippen molar-refractivity contribution in [2.24, 2.45) is 10.9 Å². The molecular formula is C18H26ClF3IN3O. The van der Waals surface area contributed by atoms with Crippen molar-refractivity contribution in [3.8, 4) is 0 Å². The molecule has 0 amide bonds. The SMILES string of the molecule is CCNC(=NCC(O)c1ccc(Cl)cc1)NC1CCCC(C(F)(F)F)C1.I. The highest BCUT2D eigenvalue weighted by Gasteiger charge is 2.42. The van der Waals surface area contributed by atoms with Gasteiger partial charge in [-0.2, -0.15) is 13.2 Å². The third kappa shape index (κ3) is 8.03. The summed E-state index contributed by atoms with van der Waals surface area (Å²) < 4.78 is 38.9. The van der Waals surface area contributed by atoms with Crippen LogP contribution in [0.15, 0.2) is 29.3 Å². The Bertz CT molecular complexity index is 599. The standard InChI is InChI=1S/C18H25ClF3N3O.HI/c1-2-23-17(24-11-16(26)12-6-8-14(19)9-7-12)25-15-5-3-4-13(10-15)18(20,21)22;/h6-9,13,15-16,26H,2-5,10-11H2,1H3,(H2,23,24,25);1H. The molecule has 1 aromatic rings. The number of aliphatic hydroxyl groups excluding tert-OH is 1. The highest BCUT2D eigenvalue weighted by atomic mass is 127. The van der Waals surface area contributed by atoms with Gasteiger partial charge in [0.15, 0.2) is 5.96 Å². The van der Waals surface area contributed by atoms with Gasteiger partial charge in [-0.1, -0.05) is 30.2 Å². The summed E-state index contributed by atoms with van der Waals surface area (Å²) in [6.45, 7) is 2.57. The highest BCUT2D eigenvalue weighted by molar-refractivity contribution is 14.0. The van der Waals surface area contributed by atoms with Crippen LogP contribution in [0.1, 0.15) is 44.3 Å². The Morgan fingerprint density at radius 3 is 2.56 bits per heavy atom. The van der Waals surface area contributed by atoms with E-state index in [1.807, 2.05) is 6.92 Å². The van der Waals surface area contributed by atoms with Gasteiger partial charge >= 0.3 is 6.18 Å². The first kappa shape index (κ1) is 24.3. The molecule has 0 aliphatic heterocycles. The van der Waals surface area contributed by atoms with Crippen molar-refractivity contribution < 1.29 is 18.3 Å². The van der Waals surface area contributed by atoms with E-state index in [0.717, 1.165) is 0 Å². The maximum absolute atomic E-state index is 13.0. The van der Waals surface area contributed by atoms with Gasteiger partial charge in [0.25, 0.3) is 0 Å². The highest BCUT2D eigenvalue weighted by Crippen LogP contribution is 2.37. The van der Waals surface area contributed by atoms with E-state index in [4.69, 9.17) is 11.6 Å². The van der Waals surface area contributed by atoms with Gasteiger partial charge in [-0.3, -0.25) is 4.99 Å². The lowest BCUT2D eigenvalue weighted by Gasteiger charge is -2.32. The lowest BCUT2D eigenvalue weighted by Crippen LogP contribution is -2.47. The summed E-state index contributed by atoms with van der Waals surface area (Å²) in [5.41, 5.74) is 0.684. The zero-order valence-corrected chi connectivity index (χ0v) is 18.2. The third-order valence-electron chi connectivity index (χ3n) is 4.50. The van der Waals surface area contributed by atoms with Crippen LogP contribution >= 0.6 is 35.6 Å². The monoisotopic (exact) mass is 519 g/mol. The second kappa shape index (κ2) is 11.3. The smallest absolute Gasteiger partial charge is 0.386 e. The van der Waals surface area contributed by atoms with E-state index in [0.29, 0.717) is 35.9 Å². The van der Waals surface area contributed by atoms with Gasteiger partial charge in [0, 0.05) is 17.6 Å². The molecule has 0 bridgehead atoms. The second-order valence-corrected chi connectivity index (χ2v) is 6.97. The molecule has 3 unspecified atom stereocenters. The van der Waals surface area contributed by atoms with Crippen LogP contribution in [0.5, 0.6) is 0 Å². The number of aliphatic imine (C=N–C) groups is 1. The lowest BCUT2D eigenvalue weighted by molar-refractivity contribution is -0.183. The summed E-state index contributed by atoms with van der Waals surface area (Å²) in [4.78, 5) is 4.32. The predicted molar refractivity (Wildman–Crippen MR) is 113 cm³/mol. The maximum Gasteiger partial charge on any atom is 0.391 e. The van der Waals surface area contributed by atoms with E-state index in [-0.39, 0.29) is 49.4 Å². The van der Waals surface area contributed by atoms with Gasteiger partial charge in [0.2, 0.25) is 0 Å². The van der Waals surface area contributed by atoms with Gasteiger partial charge < -0.3 is 15.7 Å². The number of alkyl halides is 3. The molecule has 1 aliphatic rings. The zero-order chi connectivity index (χ0) is 19.2.